The third-order valence-corrected chi connectivity index (χ3v) is 3.66. The Kier molecular flexibility index (Phi) is 5.81. The Morgan fingerprint density at radius 3 is 2.67 bits per heavy atom. The molecule has 1 aromatic rings. The van der Waals surface area contributed by atoms with Crippen LogP contribution in [0.5, 0.6) is 0 Å². The molecule has 0 heterocycles. The van der Waals surface area contributed by atoms with Crippen LogP contribution < -0.4 is 5.73 Å². The van der Waals surface area contributed by atoms with Gasteiger partial charge in [-0.1, -0.05) is 31.2 Å². The Bertz CT molecular complexity index is 286. The third-order valence-electron chi connectivity index (χ3n) is 2.73. The van der Waals surface area contributed by atoms with E-state index in [1.807, 2.05) is 11.8 Å². The molecule has 0 aliphatic heterocycles. The molecule has 1 atom stereocenters. The molecule has 0 aliphatic carbocycles. The Hall–Kier alpha value is -0.470. The molecule has 0 saturated heterocycles. The molecule has 1 nitrogen and oxygen atoms in total. The highest BCUT2D eigenvalue weighted by Crippen LogP contribution is 2.23. The summed E-state index contributed by atoms with van der Waals surface area (Å²) in [5, 5.41) is 0. The molecule has 0 aliphatic rings. The van der Waals surface area contributed by atoms with E-state index in [9.17, 15) is 0 Å². The standard InChI is InChI=1S/C13H21NS/c1-3-15-9-8-12(10-14)13-7-5-4-6-11(13)2/h4-7,12H,3,8-10,14H2,1-2H3. The van der Waals surface area contributed by atoms with Crippen molar-refractivity contribution in [3.8, 4) is 0 Å². The Balaban J connectivity index is 2.61. The van der Waals surface area contributed by atoms with Crippen LogP contribution in [0.2, 0.25) is 0 Å². The molecule has 84 valence electrons. The minimum absolute atomic E-state index is 0.533. The first-order valence-electron chi connectivity index (χ1n) is 5.63. The minimum Gasteiger partial charge on any atom is -0.330 e. The Labute approximate surface area is 97.4 Å². The SMILES string of the molecule is CCSCCC(CN)c1ccccc1C. The van der Waals surface area contributed by atoms with Crippen molar-refractivity contribution < 1.29 is 0 Å². The number of aryl methyl sites for hydroxylation is 1. The Morgan fingerprint density at radius 2 is 2.07 bits per heavy atom. The van der Waals surface area contributed by atoms with Crippen molar-refractivity contribution in [1.29, 1.82) is 0 Å². The molecule has 1 unspecified atom stereocenters. The second kappa shape index (κ2) is 6.91. The highest BCUT2D eigenvalue weighted by atomic mass is 32.2. The average molecular weight is 223 g/mol. The van der Waals surface area contributed by atoms with Crippen molar-refractivity contribution in [3.05, 3.63) is 35.4 Å². The lowest BCUT2D eigenvalue weighted by Gasteiger charge is -2.17. The summed E-state index contributed by atoms with van der Waals surface area (Å²) >= 11 is 2.00. The van der Waals surface area contributed by atoms with Gasteiger partial charge in [0.15, 0.2) is 0 Å². The summed E-state index contributed by atoms with van der Waals surface area (Å²) in [7, 11) is 0. The molecule has 1 aromatic carbocycles. The maximum absolute atomic E-state index is 5.85. The quantitative estimate of drug-likeness (QED) is 0.750. The fourth-order valence-electron chi connectivity index (χ4n) is 1.82. The summed E-state index contributed by atoms with van der Waals surface area (Å²) in [5.41, 5.74) is 8.64. The zero-order valence-corrected chi connectivity index (χ0v) is 10.5. The third kappa shape index (κ3) is 3.88. The van der Waals surface area contributed by atoms with Crippen molar-refractivity contribution in [2.24, 2.45) is 5.73 Å². The number of nitrogens with two attached hydrogens (primary N) is 1. The van der Waals surface area contributed by atoms with Crippen molar-refractivity contribution in [3.63, 3.8) is 0 Å². The van der Waals surface area contributed by atoms with Crippen LogP contribution in [0.25, 0.3) is 0 Å². The zero-order chi connectivity index (χ0) is 11.1. The Morgan fingerprint density at radius 1 is 1.33 bits per heavy atom. The van der Waals surface area contributed by atoms with E-state index in [1.165, 1.54) is 29.1 Å². The summed E-state index contributed by atoms with van der Waals surface area (Å²) in [6.45, 7) is 5.13. The van der Waals surface area contributed by atoms with Gasteiger partial charge in [-0.05, 0) is 48.4 Å². The van der Waals surface area contributed by atoms with Crippen LogP contribution in [0.3, 0.4) is 0 Å². The lowest BCUT2D eigenvalue weighted by molar-refractivity contribution is 0.676. The summed E-state index contributed by atoms with van der Waals surface area (Å²) < 4.78 is 0. The highest BCUT2D eigenvalue weighted by molar-refractivity contribution is 7.99. The van der Waals surface area contributed by atoms with Crippen molar-refractivity contribution >= 4 is 11.8 Å². The molecule has 2 N–H and O–H groups in total. The zero-order valence-electron chi connectivity index (χ0n) is 9.70. The van der Waals surface area contributed by atoms with Crippen molar-refractivity contribution in [2.45, 2.75) is 26.2 Å². The van der Waals surface area contributed by atoms with Crippen molar-refractivity contribution in [2.75, 3.05) is 18.1 Å². The number of rotatable bonds is 6. The van der Waals surface area contributed by atoms with E-state index in [4.69, 9.17) is 5.73 Å². The predicted octanol–water partition coefficient (Wildman–Crippen LogP) is 3.18. The second-order valence-corrected chi connectivity index (χ2v) is 5.17. The molecule has 0 amide bonds. The van der Waals surface area contributed by atoms with Crippen LogP contribution in [0.1, 0.15) is 30.4 Å². The number of benzene rings is 1. The normalized spacial score (nSPS) is 12.7. The molecule has 0 radical (unpaired) electrons. The second-order valence-electron chi connectivity index (χ2n) is 3.77. The first-order chi connectivity index (χ1) is 7.29. The summed E-state index contributed by atoms with van der Waals surface area (Å²) in [5.74, 6) is 2.95. The van der Waals surface area contributed by atoms with Gasteiger partial charge >= 0.3 is 0 Å². The van der Waals surface area contributed by atoms with Gasteiger partial charge in [0, 0.05) is 0 Å². The summed E-state index contributed by atoms with van der Waals surface area (Å²) in [6.07, 6.45) is 1.19. The van der Waals surface area contributed by atoms with E-state index in [0.29, 0.717) is 5.92 Å². The molecule has 0 fully saturated rings. The van der Waals surface area contributed by atoms with Crippen LogP contribution in [0, 0.1) is 6.92 Å². The van der Waals surface area contributed by atoms with Gasteiger partial charge < -0.3 is 5.73 Å². The molecular formula is C13H21NS. The molecular weight excluding hydrogens is 202 g/mol. The van der Waals surface area contributed by atoms with E-state index in [-0.39, 0.29) is 0 Å². The molecule has 2 heteroatoms. The topological polar surface area (TPSA) is 26.0 Å². The lowest BCUT2D eigenvalue weighted by Crippen LogP contribution is -2.14. The molecule has 0 spiro atoms. The molecule has 0 aromatic heterocycles. The largest absolute Gasteiger partial charge is 0.330 e. The first-order valence-corrected chi connectivity index (χ1v) is 6.78. The monoisotopic (exact) mass is 223 g/mol. The predicted molar refractivity (Wildman–Crippen MR) is 70.6 cm³/mol. The van der Waals surface area contributed by atoms with Gasteiger partial charge in [0.2, 0.25) is 0 Å². The maximum Gasteiger partial charge on any atom is -0.000784 e. The molecule has 0 bridgehead atoms. The number of thioether (sulfide) groups is 1. The number of hydrogen-bond acceptors (Lipinski definition) is 2. The van der Waals surface area contributed by atoms with Gasteiger partial charge in [0.25, 0.3) is 0 Å². The van der Waals surface area contributed by atoms with Gasteiger partial charge in [-0.15, -0.1) is 0 Å². The van der Waals surface area contributed by atoms with Gasteiger partial charge in [0.05, 0.1) is 0 Å². The number of hydrogen-bond donors (Lipinski definition) is 1. The molecule has 1 rings (SSSR count). The fourth-order valence-corrected chi connectivity index (χ4v) is 2.55. The van der Waals surface area contributed by atoms with Gasteiger partial charge in [-0.25, -0.2) is 0 Å². The van der Waals surface area contributed by atoms with Gasteiger partial charge in [-0.3, -0.25) is 0 Å². The molecule has 0 saturated carbocycles. The maximum atomic E-state index is 5.85. The van der Waals surface area contributed by atoms with E-state index in [2.05, 4.69) is 38.1 Å². The summed E-state index contributed by atoms with van der Waals surface area (Å²) in [6, 6.07) is 8.58. The highest BCUT2D eigenvalue weighted by Gasteiger charge is 2.10. The van der Waals surface area contributed by atoms with E-state index in [1.54, 1.807) is 0 Å². The molecule has 15 heavy (non-hydrogen) atoms. The van der Waals surface area contributed by atoms with Crippen LogP contribution >= 0.6 is 11.8 Å². The van der Waals surface area contributed by atoms with Crippen molar-refractivity contribution in [1.82, 2.24) is 0 Å². The van der Waals surface area contributed by atoms with E-state index >= 15 is 0 Å². The van der Waals surface area contributed by atoms with Gasteiger partial charge in [-0.2, -0.15) is 11.8 Å². The fraction of sp³-hybridized carbons (Fsp3) is 0.538. The van der Waals surface area contributed by atoms with Crippen LogP contribution in [-0.2, 0) is 0 Å². The van der Waals surface area contributed by atoms with Gasteiger partial charge in [0.1, 0.15) is 0 Å². The first kappa shape index (κ1) is 12.6. The van der Waals surface area contributed by atoms with E-state index in [0.717, 1.165) is 6.54 Å². The van der Waals surface area contributed by atoms with E-state index < -0.39 is 0 Å². The smallest absolute Gasteiger partial charge is 0.000784 e. The minimum atomic E-state index is 0.533. The summed E-state index contributed by atoms with van der Waals surface area (Å²) in [4.78, 5) is 0. The van der Waals surface area contributed by atoms with Crippen LogP contribution in [0.4, 0.5) is 0 Å². The average Bonchev–Trinajstić information content (AvgIpc) is 2.26. The van der Waals surface area contributed by atoms with Crippen LogP contribution in [0.15, 0.2) is 24.3 Å². The lowest BCUT2D eigenvalue weighted by atomic mass is 9.93. The van der Waals surface area contributed by atoms with Crippen LogP contribution in [-0.4, -0.2) is 18.1 Å².